The summed E-state index contributed by atoms with van der Waals surface area (Å²) in [5.41, 5.74) is 3.08. The smallest absolute Gasteiger partial charge is 0.0331 e. The van der Waals surface area contributed by atoms with Crippen molar-refractivity contribution in [1.29, 1.82) is 0 Å². The van der Waals surface area contributed by atoms with Gasteiger partial charge in [-0.1, -0.05) is 13.5 Å². The molecule has 0 aromatic carbocycles. The molecule has 1 aliphatic rings. The van der Waals surface area contributed by atoms with Crippen LogP contribution in [0.1, 0.15) is 37.1 Å². The first-order valence-corrected chi connectivity index (χ1v) is 6.46. The van der Waals surface area contributed by atoms with Crippen LogP contribution in [0, 0.1) is 0 Å². The van der Waals surface area contributed by atoms with E-state index in [2.05, 4.69) is 37.2 Å². The van der Waals surface area contributed by atoms with E-state index < -0.39 is 0 Å². The lowest BCUT2D eigenvalue weighted by molar-refractivity contribution is 0.335. The molecule has 2 rings (SSSR count). The molecule has 1 fully saturated rings. The van der Waals surface area contributed by atoms with E-state index >= 15 is 0 Å². The molecule has 0 bridgehead atoms. The molecule has 82 valence electrons. The van der Waals surface area contributed by atoms with Crippen molar-refractivity contribution in [2.75, 3.05) is 13.1 Å². The Bertz CT molecular complexity index is 358. The highest BCUT2D eigenvalue weighted by Gasteiger charge is 2.31. The summed E-state index contributed by atoms with van der Waals surface area (Å²) in [6.07, 6.45) is 2.48. The maximum atomic E-state index is 4.08. The van der Waals surface area contributed by atoms with Gasteiger partial charge in [-0.15, -0.1) is 11.3 Å². The van der Waals surface area contributed by atoms with Crippen LogP contribution in [0.25, 0.3) is 5.57 Å². The van der Waals surface area contributed by atoms with Gasteiger partial charge in [0, 0.05) is 4.88 Å². The van der Waals surface area contributed by atoms with Crippen molar-refractivity contribution in [2.24, 2.45) is 0 Å². The second kappa shape index (κ2) is 4.11. The highest BCUT2D eigenvalue weighted by atomic mass is 32.1. The predicted molar refractivity (Wildman–Crippen MR) is 68.5 cm³/mol. The second-order valence-electron chi connectivity index (χ2n) is 4.75. The monoisotopic (exact) mass is 221 g/mol. The van der Waals surface area contributed by atoms with Crippen LogP contribution in [-0.2, 0) is 5.41 Å². The van der Waals surface area contributed by atoms with E-state index in [1.807, 2.05) is 11.3 Å². The van der Waals surface area contributed by atoms with Crippen LogP contribution in [0.2, 0.25) is 0 Å². The molecule has 1 nitrogen and oxygen atoms in total. The minimum absolute atomic E-state index is 0.361. The van der Waals surface area contributed by atoms with Crippen LogP contribution < -0.4 is 5.32 Å². The zero-order valence-electron chi connectivity index (χ0n) is 9.60. The van der Waals surface area contributed by atoms with Gasteiger partial charge in [0.2, 0.25) is 0 Å². The molecule has 1 N–H and O–H groups in total. The van der Waals surface area contributed by atoms with Gasteiger partial charge in [0.25, 0.3) is 0 Å². The molecule has 0 aliphatic carbocycles. The van der Waals surface area contributed by atoms with E-state index in [0.717, 1.165) is 13.1 Å². The lowest BCUT2D eigenvalue weighted by Crippen LogP contribution is -2.37. The molecule has 0 atom stereocenters. The Morgan fingerprint density at radius 1 is 1.47 bits per heavy atom. The molecule has 0 radical (unpaired) electrons. The molecule has 15 heavy (non-hydrogen) atoms. The molecular formula is C13H19NS. The minimum Gasteiger partial charge on any atom is -0.317 e. The van der Waals surface area contributed by atoms with Crippen LogP contribution in [0.3, 0.4) is 0 Å². The number of piperidine rings is 1. The first kappa shape index (κ1) is 10.9. The number of rotatable bonds is 2. The Labute approximate surface area is 96.2 Å². The first-order valence-electron chi connectivity index (χ1n) is 5.58. The van der Waals surface area contributed by atoms with Gasteiger partial charge in [0.15, 0.2) is 0 Å². The van der Waals surface area contributed by atoms with E-state index in [-0.39, 0.29) is 0 Å². The molecule has 1 aromatic heterocycles. The molecular weight excluding hydrogens is 202 g/mol. The van der Waals surface area contributed by atoms with Gasteiger partial charge >= 0.3 is 0 Å². The van der Waals surface area contributed by atoms with E-state index in [9.17, 15) is 0 Å². The van der Waals surface area contributed by atoms with Gasteiger partial charge in [0.05, 0.1) is 0 Å². The Hall–Kier alpha value is -0.600. The van der Waals surface area contributed by atoms with Crippen LogP contribution >= 0.6 is 11.3 Å². The van der Waals surface area contributed by atoms with Crippen LogP contribution in [0.5, 0.6) is 0 Å². The van der Waals surface area contributed by atoms with Gasteiger partial charge in [0.1, 0.15) is 0 Å². The summed E-state index contributed by atoms with van der Waals surface area (Å²) in [6, 6.07) is 2.29. The standard InChI is InChI=1S/C13H19NS/c1-10(2)12-11(4-9-15-12)13(3)5-7-14-8-6-13/h4,9,14H,1,5-8H2,2-3H3. The summed E-state index contributed by atoms with van der Waals surface area (Å²) in [5, 5.41) is 5.63. The number of hydrogen-bond donors (Lipinski definition) is 1. The molecule has 0 saturated carbocycles. The van der Waals surface area contributed by atoms with Gasteiger partial charge in [-0.2, -0.15) is 0 Å². The van der Waals surface area contributed by atoms with Crippen molar-refractivity contribution >= 4 is 16.9 Å². The third-order valence-electron chi connectivity index (χ3n) is 3.41. The maximum Gasteiger partial charge on any atom is 0.0331 e. The van der Waals surface area contributed by atoms with Crippen molar-refractivity contribution in [3.05, 3.63) is 28.5 Å². The Kier molecular flexibility index (Phi) is 2.98. The number of thiophene rings is 1. The number of allylic oxidation sites excluding steroid dienone is 1. The molecule has 0 spiro atoms. The highest BCUT2D eigenvalue weighted by molar-refractivity contribution is 7.11. The average Bonchev–Trinajstić information content (AvgIpc) is 2.67. The van der Waals surface area contributed by atoms with E-state index in [4.69, 9.17) is 0 Å². The fourth-order valence-corrected chi connectivity index (χ4v) is 3.35. The fraction of sp³-hybridized carbons (Fsp3) is 0.538. The first-order chi connectivity index (χ1) is 7.13. The normalized spacial score (nSPS) is 20.1. The summed E-state index contributed by atoms with van der Waals surface area (Å²) in [6.45, 7) is 10.9. The number of nitrogens with one attached hydrogen (secondary N) is 1. The topological polar surface area (TPSA) is 12.0 Å². The molecule has 2 heteroatoms. The summed E-state index contributed by atoms with van der Waals surface area (Å²) < 4.78 is 0. The SMILES string of the molecule is C=C(C)c1sccc1C1(C)CCNCC1. The largest absolute Gasteiger partial charge is 0.317 e. The quantitative estimate of drug-likeness (QED) is 0.807. The Morgan fingerprint density at radius 2 is 2.13 bits per heavy atom. The van der Waals surface area contributed by atoms with Crippen molar-refractivity contribution < 1.29 is 0 Å². The van der Waals surface area contributed by atoms with Gasteiger partial charge < -0.3 is 5.32 Å². The molecule has 1 aromatic rings. The summed E-state index contributed by atoms with van der Waals surface area (Å²) >= 11 is 1.83. The summed E-state index contributed by atoms with van der Waals surface area (Å²) in [7, 11) is 0. The summed E-state index contributed by atoms with van der Waals surface area (Å²) in [4.78, 5) is 1.40. The zero-order chi connectivity index (χ0) is 10.9. The molecule has 1 aliphatic heterocycles. The average molecular weight is 221 g/mol. The van der Waals surface area contributed by atoms with Crippen molar-refractivity contribution in [3.63, 3.8) is 0 Å². The molecule has 1 saturated heterocycles. The van der Waals surface area contributed by atoms with Gasteiger partial charge in [-0.3, -0.25) is 0 Å². The molecule has 2 heterocycles. The maximum absolute atomic E-state index is 4.08. The lowest BCUT2D eigenvalue weighted by Gasteiger charge is -2.34. The summed E-state index contributed by atoms with van der Waals surface area (Å²) in [5.74, 6) is 0. The number of hydrogen-bond acceptors (Lipinski definition) is 2. The van der Waals surface area contributed by atoms with Crippen LogP contribution in [-0.4, -0.2) is 13.1 Å². The minimum atomic E-state index is 0.361. The lowest BCUT2D eigenvalue weighted by atomic mass is 9.74. The fourth-order valence-electron chi connectivity index (χ4n) is 2.36. The third kappa shape index (κ3) is 2.01. The van der Waals surface area contributed by atoms with E-state index in [1.54, 1.807) is 0 Å². The molecule has 0 amide bonds. The molecule has 0 unspecified atom stereocenters. The Balaban J connectivity index is 2.34. The van der Waals surface area contributed by atoms with Crippen molar-refractivity contribution in [2.45, 2.75) is 32.1 Å². The predicted octanol–water partition coefficient (Wildman–Crippen LogP) is 3.42. The van der Waals surface area contributed by atoms with E-state index in [0.29, 0.717) is 5.41 Å². The van der Waals surface area contributed by atoms with Crippen molar-refractivity contribution in [1.82, 2.24) is 5.32 Å². The van der Waals surface area contributed by atoms with Crippen LogP contribution in [0.15, 0.2) is 18.0 Å². The second-order valence-corrected chi connectivity index (χ2v) is 5.67. The van der Waals surface area contributed by atoms with Gasteiger partial charge in [-0.05, 0) is 60.9 Å². The van der Waals surface area contributed by atoms with Crippen LogP contribution in [0.4, 0.5) is 0 Å². The third-order valence-corrected chi connectivity index (χ3v) is 4.49. The highest BCUT2D eigenvalue weighted by Crippen LogP contribution is 2.39. The van der Waals surface area contributed by atoms with Crippen molar-refractivity contribution in [3.8, 4) is 0 Å². The Morgan fingerprint density at radius 3 is 2.73 bits per heavy atom. The zero-order valence-corrected chi connectivity index (χ0v) is 10.4. The van der Waals surface area contributed by atoms with Gasteiger partial charge in [-0.25, -0.2) is 0 Å². The van der Waals surface area contributed by atoms with E-state index in [1.165, 1.54) is 28.9 Å².